The molecular weight excluding hydrogens is 279 g/mol. The minimum Gasteiger partial charge on any atom is -0.491 e. The van der Waals surface area contributed by atoms with Gasteiger partial charge in [0, 0.05) is 11.1 Å². The van der Waals surface area contributed by atoms with E-state index in [4.69, 9.17) is 16.3 Å². The Balaban J connectivity index is 2.27. The lowest BCUT2D eigenvalue weighted by molar-refractivity contribution is 0.103. The summed E-state index contributed by atoms with van der Waals surface area (Å²) in [6.45, 7) is 3.84. The summed E-state index contributed by atoms with van der Waals surface area (Å²) in [5.74, 6) is -0.232. The van der Waals surface area contributed by atoms with Crippen molar-refractivity contribution in [2.75, 3.05) is 0 Å². The van der Waals surface area contributed by atoms with E-state index in [1.165, 1.54) is 18.2 Å². The fraction of sp³-hybridized carbons (Fsp3) is 0.188. The second kappa shape index (κ2) is 6.06. The maximum Gasteiger partial charge on any atom is 0.194 e. The van der Waals surface area contributed by atoms with E-state index in [1.807, 2.05) is 13.8 Å². The zero-order valence-electron chi connectivity index (χ0n) is 11.2. The monoisotopic (exact) mass is 292 g/mol. The molecule has 0 N–H and O–H groups in total. The van der Waals surface area contributed by atoms with Crippen molar-refractivity contribution in [2.24, 2.45) is 0 Å². The topological polar surface area (TPSA) is 26.3 Å². The highest BCUT2D eigenvalue weighted by Gasteiger charge is 2.15. The molecule has 0 saturated heterocycles. The second-order valence-electron chi connectivity index (χ2n) is 4.62. The summed E-state index contributed by atoms with van der Waals surface area (Å²) in [5.41, 5.74) is 0.595. The van der Waals surface area contributed by atoms with Gasteiger partial charge < -0.3 is 4.74 Å². The van der Waals surface area contributed by atoms with E-state index in [9.17, 15) is 9.18 Å². The van der Waals surface area contributed by atoms with E-state index in [2.05, 4.69) is 0 Å². The van der Waals surface area contributed by atoms with Crippen molar-refractivity contribution < 1.29 is 13.9 Å². The van der Waals surface area contributed by atoms with Gasteiger partial charge >= 0.3 is 0 Å². The van der Waals surface area contributed by atoms with Crippen molar-refractivity contribution in [3.05, 3.63) is 64.4 Å². The van der Waals surface area contributed by atoms with E-state index in [1.54, 1.807) is 24.3 Å². The van der Waals surface area contributed by atoms with Crippen LogP contribution in [-0.4, -0.2) is 11.9 Å². The number of hydrogen-bond donors (Lipinski definition) is 0. The van der Waals surface area contributed by atoms with Crippen LogP contribution in [0.2, 0.25) is 5.02 Å². The van der Waals surface area contributed by atoms with Crippen LogP contribution in [0.5, 0.6) is 5.75 Å². The Kier molecular flexibility index (Phi) is 4.40. The SMILES string of the molecule is CC(C)Oc1ccc(C(=O)c2cccc(F)c2Cl)cc1. The Labute approximate surface area is 122 Å². The molecule has 2 aromatic carbocycles. The molecule has 0 saturated carbocycles. The lowest BCUT2D eigenvalue weighted by atomic mass is 10.0. The second-order valence-corrected chi connectivity index (χ2v) is 5.00. The fourth-order valence-corrected chi connectivity index (χ4v) is 2.00. The van der Waals surface area contributed by atoms with Crippen LogP contribution >= 0.6 is 11.6 Å². The van der Waals surface area contributed by atoms with Gasteiger partial charge in [-0.1, -0.05) is 17.7 Å². The Bertz CT molecular complexity index is 621. The molecule has 0 unspecified atom stereocenters. The van der Waals surface area contributed by atoms with Crippen molar-refractivity contribution in [1.82, 2.24) is 0 Å². The predicted octanol–water partition coefficient (Wildman–Crippen LogP) is 4.50. The summed E-state index contributed by atoms with van der Waals surface area (Å²) in [6.07, 6.45) is 0.0641. The summed E-state index contributed by atoms with van der Waals surface area (Å²) in [6, 6.07) is 10.9. The average Bonchev–Trinajstić information content (AvgIpc) is 2.41. The fourth-order valence-electron chi connectivity index (χ4n) is 1.79. The normalized spacial score (nSPS) is 10.7. The summed E-state index contributed by atoms with van der Waals surface area (Å²) < 4.78 is 18.9. The summed E-state index contributed by atoms with van der Waals surface area (Å²) in [4.78, 5) is 12.3. The molecule has 0 radical (unpaired) electrons. The Hall–Kier alpha value is -1.87. The Morgan fingerprint density at radius 3 is 2.40 bits per heavy atom. The smallest absolute Gasteiger partial charge is 0.194 e. The largest absolute Gasteiger partial charge is 0.491 e. The van der Waals surface area contributed by atoms with Gasteiger partial charge in [0.05, 0.1) is 11.1 Å². The Morgan fingerprint density at radius 2 is 1.80 bits per heavy atom. The van der Waals surface area contributed by atoms with Gasteiger partial charge in [-0.2, -0.15) is 0 Å². The highest BCUT2D eigenvalue weighted by atomic mass is 35.5. The molecule has 0 bridgehead atoms. The molecule has 0 amide bonds. The van der Waals surface area contributed by atoms with Gasteiger partial charge in [0.15, 0.2) is 5.78 Å². The molecule has 4 heteroatoms. The molecular formula is C16H14ClFO2. The van der Waals surface area contributed by atoms with E-state index in [0.29, 0.717) is 11.3 Å². The minimum absolute atomic E-state index is 0.0641. The van der Waals surface area contributed by atoms with Crippen LogP contribution in [-0.2, 0) is 0 Å². The van der Waals surface area contributed by atoms with Crippen LogP contribution in [0.15, 0.2) is 42.5 Å². The van der Waals surface area contributed by atoms with Gasteiger partial charge in [0.1, 0.15) is 11.6 Å². The molecule has 2 aromatic rings. The van der Waals surface area contributed by atoms with Crippen molar-refractivity contribution >= 4 is 17.4 Å². The van der Waals surface area contributed by atoms with Crippen molar-refractivity contribution in [3.63, 3.8) is 0 Å². The zero-order valence-corrected chi connectivity index (χ0v) is 11.9. The number of rotatable bonds is 4. The quantitative estimate of drug-likeness (QED) is 0.776. The first-order valence-electron chi connectivity index (χ1n) is 6.24. The van der Waals surface area contributed by atoms with Gasteiger partial charge in [-0.3, -0.25) is 4.79 Å². The number of carbonyl (C=O) groups is 1. The van der Waals surface area contributed by atoms with Crippen molar-refractivity contribution in [1.29, 1.82) is 0 Å². The molecule has 0 aliphatic carbocycles. The third-order valence-electron chi connectivity index (χ3n) is 2.68. The molecule has 0 spiro atoms. The summed E-state index contributed by atoms with van der Waals surface area (Å²) in [7, 11) is 0. The number of carbonyl (C=O) groups excluding carboxylic acids is 1. The minimum atomic E-state index is -0.600. The number of halogens is 2. The first-order chi connectivity index (χ1) is 9.49. The van der Waals surface area contributed by atoms with Crippen molar-refractivity contribution in [3.8, 4) is 5.75 Å². The maximum atomic E-state index is 13.4. The lowest BCUT2D eigenvalue weighted by Crippen LogP contribution is -2.06. The number of hydrogen-bond acceptors (Lipinski definition) is 2. The molecule has 0 fully saturated rings. The van der Waals surface area contributed by atoms with Gasteiger partial charge in [-0.05, 0) is 50.2 Å². The van der Waals surface area contributed by atoms with Crippen LogP contribution < -0.4 is 4.74 Å². The first kappa shape index (κ1) is 14.5. The molecule has 2 nitrogen and oxygen atoms in total. The molecule has 0 aliphatic heterocycles. The maximum absolute atomic E-state index is 13.4. The first-order valence-corrected chi connectivity index (χ1v) is 6.62. The molecule has 2 rings (SSSR count). The van der Waals surface area contributed by atoms with Crippen LogP contribution in [0.1, 0.15) is 29.8 Å². The molecule has 20 heavy (non-hydrogen) atoms. The highest BCUT2D eigenvalue weighted by Crippen LogP contribution is 2.23. The van der Waals surface area contributed by atoms with Gasteiger partial charge in [-0.25, -0.2) is 4.39 Å². The Morgan fingerprint density at radius 1 is 1.15 bits per heavy atom. The zero-order chi connectivity index (χ0) is 14.7. The van der Waals surface area contributed by atoms with Crippen LogP contribution in [0.4, 0.5) is 4.39 Å². The lowest BCUT2D eigenvalue weighted by Gasteiger charge is -2.10. The molecule has 0 aromatic heterocycles. The van der Waals surface area contributed by atoms with Gasteiger partial charge in [0.2, 0.25) is 0 Å². The number of benzene rings is 2. The third kappa shape index (κ3) is 3.17. The van der Waals surface area contributed by atoms with E-state index in [-0.39, 0.29) is 22.5 Å². The molecule has 0 atom stereocenters. The highest BCUT2D eigenvalue weighted by molar-refractivity contribution is 6.35. The van der Waals surface area contributed by atoms with Crippen molar-refractivity contribution in [2.45, 2.75) is 20.0 Å². The van der Waals surface area contributed by atoms with Gasteiger partial charge in [0.25, 0.3) is 0 Å². The third-order valence-corrected chi connectivity index (χ3v) is 3.07. The standard InChI is InChI=1S/C16H14ClFO2/c1-10(2)20-12-8-6-11(7-9-12)16(19)13-4-3-5-14(18)15(13)17/h3-10H,1-2H3. The predicted molar refractivity (Wildman–Crippen MR) is 77.0 cm³/mol. The van der Waals surface area contributed by atoms with E-state index < -0.39 is 5.82 Å². The average molecular weight is 293 g/mol. The van der Waals surface area contributed by atoms with E-state index >= 15 is 0 Å². The molecule has 0 aliphatic rings. The number of ether oxygens (including phenoxy) is 1. The van der Waals surface area contributed by atoms with Gasteiger partial charge in [-0.15, -0.1) is 0 Å². The molecule has 0 heterocycles. The van der Waals surface area contributed by atoms with Crippen LogP contribution in [0.25, 0.3) is 0 Å². The summed E-state index contributed by atoms with van der Waals surface area (Å²) in [5, 5.41) is -0.153. The molecule has 104 valence electrons. The van der Waals surface area contributed by atoms with E-state index in [0.717, 1.165) is 0 Å². The van der Waals surface area contributed by atoms with Crippen LogP contribution in [0.3, 0.4) is 0 Å². The summed E-state index contributed by atoms with van der Waals surface area (Å²) >= 11 is 5.82. The van der Waals surface area contributed by atoms with Crippen LogP contribution in [0, 0.1) is 5.82 Å². The number of ketones is 1.